The molecule has 7 heteroatoms. The van der Waals surface area contributed by atoms with E-state index < -0.39 is 5.91 Å². The third kappa shape index (κ3) is 3.75. The predicted molar refractivity (Wildman–Crippen MR) is 95.4 cm³/mol. The monoisotopic (exact) mass is 410 g/mol. The number of carbonyl (C=O) groups is 1. The summed E-state index contributed by atoms with van der Waals surface area (Å²) in [6.45, 7) is 0. The number of fused-ring (bicyclic) bond motifs is 1. The second-order valence-electron chi connectivity index (χ2n) is 4.67. The first-order valence-electron chi connectivity index (χ1n) is 6.50. The van der Waals surface area contributed by atoms with E-state index in [2.05, 4.69) is 26.5 Å². The Kier molecular flexibility index (Phi) is 4.71. The number of furan rings is 1. The van der Waals surface area contributed by atoms with Crippen molar-refractivity contribution in [2.24, 2.45) is 5.10 Å². The van der Waals surface area contributed by atoms with Crippen LogP contribution < -0.4 is 5.43 Å². The van der Waals surface area contributed by atoms with Gasteiger partial charge >= 0.3 is 5.91 Å². The molecule has 1 N–H and O–H groups in total. The molecule has 3 rings (SSSR count). The summed E-state index contributed by atoms with van der Waals surface area (Å²) in [7, 11) is 0. The van der Waals surface area contributed by atoms with Crippen LogP contribution in [0.2, 0.25) is 10.0 Å². The van der Waals surface area contributed by atoms with Gasteiger partial charge in [-0.3, -0.25) is 4.79 Å². The van der Waals surface area contributed by atoms with E-state index in [1.807, 2.05) is 12.1 Å². The lowest BCUT2D eigenvalue weighted by molar-refractivity contribution is 0.0929. The molecule has 1 amide bonds. The first kappa shape index (κ1) is 16.1. The van der Waals surface area contributed by atoms with Gasteiger partial charge in [-0.25, -0.2) is 5.43 Å². The molecule has 0 spiro atoms. The summed E-state index contributed by atoms with van der Waals surface area (Å²) >= 11 is 15.1. The highest BCUT2D eigenvalue weighted by Crippen LogP contribution is 2.23. The molecule has 0 bridgehead atoms. The fourth-order valence-electron chi connectivity index (χ4n) is 1.94. The van der Waals surface area contributed by atoms with Crippen LogP contribution >= 0.6 is 39.1 Å². The minimum Gasteiger partial charge on any atom is -0.451 e. The van der Waals surface area contributed by atoms with Crippen molar-refractivity contribution in [3.05, 3.63) is 68.3 Å². The standard InChI is InChI=1S/C16H9BrCl2N2O2/c17-11-2-4-14-10(6-11)7-15(23-14)16(22)21-20-8-9-1-3-12(18)13(19)5-9/h1-8H,(H,21,22)/b20-8+. The largest absolute Gasteiger partial charge is 0.451 e. The molecule has 116 valence electrons. The summed E-state index contributed by atoms with van der Waals surface area (Å²) in [5.41, 5.74) is 3.75. The fourth-order valence-corrected chi connectivity index (χ4v) is 2.62. The number of benzene rings is 2. The van der Waals surface area contributed by atoms with Crippen LogP contribution in [0.1, 0.15) is 16.1 Å². The SMILES string of the molecule is O=C(N/N=C/c1ccc(Cl)c(Cl)c1)c1cc2cc(Br)ccc2o1. The summed E-state index contributed by atoms with van der Waals surface area (Å²) in [5.74, 6) is -0.252. The van der Waals surface area contributed by atoms with Crippen molar-refractivity contribution in [1.82, 2.24) is 5.43 Å². The van der Waals surface area contributed by atoms with Gasteiger partial charge in [-0.2, -0.15) is 5.10 Å². The molecule has 4 nitrogen and oxygen atoms in total. The second kappa shape index (κ2) is 6.74. The quantitative estimate of drug-likeness (QED) is 0.471. The van der Waals surface area contributed by atoms with Gasteiger partial charge in [-0.1, -0.05) is 45.2 Å². The number of nitrogens with one attached hydrogen (secondary N) is 1. The van der Waals surface area contributed by atoms with E-state index in [0.29, 0.717) is 21.2 Å². The van der Waals surface area contributed by atoms with Gasteiger partial charge < -0.3 is 4.42 Å². The fraction of sp³-hybridized carbons (Fsp3) is 0. The first-order valence-corrected chi connectivity index (χ1v) is 8.05. The van der Waals surface area contributed by atoms with E-state index in [0.717, 1.165) is 9.86 Å². The summed E-state index contributed by atoms with van der Waals surface area (Å²) in [6.07, 6.45) is 1.47. The van der Waals surface area contributed by atoms with Crippen molar-refractivity contribution in [3.8, 4) is 0 Å². The molecule has 0 saturated heterocycles. The molecule has 0 aliphatic carbocycles. The molecule has 0 unspecified atom stereocenters. The van der Waals surface area contributed by atoms with Crippen molar-refractivity contribution in [1.29, 1.82) is 0 Å². The molecule has 0 atom stereocenters. The Morgan fingerprint density at radius 1 is 1.13 bits per heavy atom. The number of hydrogen-bond donors (Lipinski definition) is 1. The van der Waals surface area contributed by atoms with Gasteiger partial charge in [0.1, 0.15) is 5.58 Å². The lowest BCUT2D eigenvalue weighted by Crippen LogP contribution is -2.16. The van der Waals surface area contributed by atoms with Crippen LogP contribution in [0, 0.1) is 0 Å². The number of hydrogen-bond acceptors (Lipinski definition) is 3. The lowest BCUT2D eigenvalue weighted by Gasteiger charge is -1.98. The average molecular weight is 412 g/mol. The number of rotatable bonds is 3. The molecular formula is C16H9BrCl2N2O2. The summed E-state index contributed by atoms with van der Waals surface area (Å²) in [5, 5.41) is 5.59. The van der Waals surface area contributed by atoms with Gasteiger partial charge in [0.25, 0.3) is 0 Å². The number of hydrazone groups is 1. The molecule has 0 fully saturated rings. The molecule has 0 saturated carbocycles. The maximum atomic E-state index is 12.0. The molecular weight excluding hydrogens is 403 g/mol. The number of amides is 1. The molecule has 0 aliphatic heterocycles. The van der Waals surface area contributed by atoms with Crippen LogP contribution in [0.15, 0.2) is 56.5 Å². The van der Waals surface area contributed by atoms with E-state index in [1.54, 1.807) is 30.3 Å². The highest BCUT2D eigenvalue weighted by molar-refractivity contribution is 9.10. The normalized spacial score (nSPS) is 11.3. The predicted octanol–water partition coefficient (Wildman–Crippen LogP) is 5.27. The van der Waals surface area contributed by atoms with Crippen LogP contribution in [0.3, 0.4) is 0 Å². The Hall–Kier alpha value is -1.82. The van der Waals surface area contributed by atoms with Gasteiger partial charge in [0, 0.05) is 9.86 Å². The smallest absolute Gasteiger partial charge is 0.307 e. The van der Waals surface area contributed by atoms with Gasteiger partial charge in [0.2, 0.25) is 0 Å². The van der Waals surface area contributed by atoms with Crippen LogP contribution in [-0.4, -0.2) is 12.1 Å². The van der Waals surface area contributed by atoms with Gasteiger partial charge in [0.05, 0.1) is 16.3 Å². The van der Waals surface area contributed by atoms with Crippen molar-refractivity contribution in [2.45, 2.75) is 0 Å². The van der Waals surface area contributed by atoms with Crippen LogP contribution in [0.4, 0.5) is 0 Å². The van der Waals surface area contributed by atoms with Gasteiger partial charge in [-0.15, -0.1) is 0 Å². The van der Waals surface area contributed by atoms with E-state index in [-0.39, 0.29) is 5.76 Å². The molecule has 23 heavy (non-hydrogen) atoms. The molecule has 2 aromatic carbocycles. The Morgan fingerprint density at radius 3 is 2.74 bits per heavy atom. The summed E-state index contributed by atoms with van der Waals surface area (Å²) in [6, 6.07) is 12.2. The summed E-state index contributed by atoms with van der Waals surface area (Å²) < 4.78 is 6.39. The zero-order valence-electron chi connectivity index (χ0n) is 11.5. The summed E-state index contributed by atoms with van der Waals surface area (Å²) in [4.78, 5) is 12.0. The Balaban J connectivity index is 1.72. The average Bonchev–Trinajstić information content (AvgIpc) is 2.94. The van der Waals surface area contributed by atoms with Crippen molar-refractivity contribution in [3.63, 3.8) is 0 Å². The van der Waals surface area contributed by atoms with E-state index >= 15 is 0 Å². The van der Waals surface area contributed by atoms with Crippen molar-refractivity contribution in [2.75, 3.05) is 0 Å². The zero-order valence-corrected chi connectivity index (χ0v) is 14.6. The van der Waals surface area contributed by atoms with Gasteiger partial charge in [0.15, 0.2) is 5.76 Å². The third-order valence-corrected chi connectivity index (χ3v) is 4.26. The number of nitrogens with zero attached hydrogens (tertiary/aromatic N) is 1. The van der Waals surface area contributed by atoms with Crippen molar-refractivity contribution >= 4 is 62.2 Å². The van der Waals surface area contributed by atoms with Gasteiger partial charge in [-0.05, 0) is 42.0 Å². The maximum absolute atomic E-state index is 12.0. The van der Waals surface area contributed by atoms with Crippen molar-refractivity contribution < 1.29 is 9.21 Å². The van der Waals surface area contributed by atoms with Crippen LogP contribution in [0.5, 0.6) is 0 Å². The molecule has 1 aromatic heterocycles. The van der Waals surface area contributed by atoms with Crippen LogP contribution in [-0.2, 0) is 0 Å². The molecule has 1 heterocycles. The van der Waals surface area contributed by atoms with E-state index in [1.165, 1.54) is 6.21 Å². The second-order valence-corrected chi connectivity index (χ2v) is 6.40. The molecule has 0 aliphatic rings. The van der Waals surface area contributed by atoms with Crippen LogP contribution in [0.25, 0.3) is 11.0 Å². The third-order valence-electron chi connectivity index (χ3n) is 3.03. The first-order chi connectivity index (χ1) is 11.0. The minimum atomic E-state index is -0.436. The highest BCUT2D eigenvalue weighted by Gasteiger charge is 2.11. The number of halogens is 3. The Bertz CT molecular complexity index is 922. The zero-order chi connectivity index (χ0) is 16.4. The Labute approximate surface area is 150 Å². The molecule has 0 radical (unpaired) electrons. The number of carbonyl (C=O) groups excluding carboxylic acids is 1. The van der Waals surface area contributed by atoms with E-state index in [4.69, 9.17) is 27.6 Å². The Morgan fingerprint density at radius 2 is 1.96 bits per heavy atom. The molecule has 3 aromatic rings. The maximum Gasteiger partial charge on any atom is 0.307 e. The minimum absolute atomic E-state index is 0.185. The highest BCUT2D eigenvalue weighted by atomic mass is 79.9. The van der Waals surface area contributed by atoms with E-state index in [9.17, 15) is 4.79 Å². The lowest BCUT2D eigenvalue weighted by atomic mass is 10.2. The topological polar surface area (TPSA) is 54.6 Å².